The van der Waals surface area contributed by atoms with Gasteiger partial charge in [-0.3, -0.25) is 4.79 Å². The summed E-state index contributed by atoms with van der Waals surface area (Å²) in [6, 6.07) is 10.5. The molecule has 0 saturated carbocycles. The first-order valence-corrected chi connectivity index (χ1v) is 8.46. The summed E-state index contributed by atoms with van der Waals surface area (Å²) in [4.78, 5) is 12.3. The Labute approximate surface area is 159 Å². The molecule has 0 fully saturated rings. The second-order valence-corrected chi connectivity index (χ2v) is 5.95. The maximum atomic E-state index is 12.9. The van der Waals surface area contributed by atoms with Crippen LogP contribution in [0.5, 0.6) is 11.5 Å². The quantitative estimate of drug-likeness (QED) is 0.551. The van der Waals surface area contributed by atoms with Crippen molar-refractivity contribution in [1.82, 2.24) is 0 Å². The number of benzene rings is 2. The molecule has 7 heteroatoms. The number of nitrogens with zero attached hydrogens (tertiary/aromatic N) is 1. The van der Waals surface area contributed by atoms with E-state index >= 15 is 0 Å². The van der Waals surface area contributed by atoms with E-state index < -0.39 is 11.7 Å². The SMILES string of the molecule is CCOc1c(Br)cc(/C=C(\C#N)C(=O)Nc2ccc(F)cc2)cc1OC. The third kappa shape index (κ3) is 4.83. The topological polar surface area (TPSA) is 71.3 Å². The van der Waals surface area contributed by atoms with E-state index in [4.69, 9.17) is 9.47 Å². The third-order valence-electron chi connectivity index (χ3n) is 3.32. The van der Waals surface area contributed by atoms with Crippen molar-refractivity contribution in [3.8, 4) is 17.6 Å². The molecule has 1 N–H and O–H groups in total. The van der Waals surface area contributed by atoms with E-state index in [2.05, 4.69) is 21.2 Å². The Morgan fingerprint density at radius 2 is 2.04 bits per heavy atom. The monoisotopic (exact) mass is 418 g/mol. The number of anilines is 1. The predicted octanol–water partition coefficient (Wildman–Crippen LogP) is 4.54. The van der Waals surface area contributed by atoms with Crippen LogP contribution in [0.1, 0.15) is 12.5 Å². The van der Waals surface area contributed by atoms with E-state index in [-0.39, 0.29) is 5.57 Å². The molecule has 26 heavy (non-hydrogen) atoms. The first-order valence-electron chi connectivity index (χ1n) is 7.67. The molecule has 2 aromatic carbocycles. The Hall–Kier alpha value is -2.85. The standard InChI is InChI=1S/C19H16BrFN2O3/c1-3-26-18-16(20)9-12(10-17(18)25-2)8-13(11-22)19(24)23-15-6-4-14(21)5-7-15/h4-10H,3H2,1-2H3,(H,23,24)/b13-8+. The number of nitrogens with one attached hydrogen (secondary N) is 1. The third-order valence-corrected chi connectivity index (χ3v) is 3.91. The van der Waals surface area contributed by atoms with Crippen molar-refractivity contribution < 1.29 is 18.7 Å². The molecular weight excluding hydrogens is 403 g/mol. The minimum absolute atomic E-state index is 0.104. The second-order valence-electron chi connectivity index (χ2n) is 5.10. The van der Waals surface area contributed by atoms with Gasteiger partial charge in [0.05, 0.1) is 18.2 Å². The number of carbonyl (C=O) groups excluding carboxylic acids is 1. The number of carbonyl (C=O) groups is 1. The van der Waals surface area contributed by atoms with E-state index in [1.165, 1.54) is 37.5 Å². The zero-order valence-electron chi connectivity index (χ0n) is 14.2. The van der Waals surface area contributed by atoms with Gasteiger partial charge in [-0.2, -0.15) is 5.26 Å². The van der Waals surface area contributed by atoms with Crippen LogP contribution in [0.25, 0.3) is 6.08 Å². The summed E-state index contributed by atoms with van der Waals surface area (Å²) in [6.07, 6.45) is 1.43. The molecule has 0 aromatic heterocycles. The molecule has 0 spiro atoms. The molecule has 0 atom stereocenters. The average molecular weight is 419 g/mol. The number of nitriles is 1. The normalized spacial score (nSPS) is 10.8. The highest BCUT2D eigenvalue weighted by molar-refractivity contribution is 9.10. The Balaban J connectivity index is 2.30. The lowest BCUT2D eigenvalue weighted by atomic mass is 10.1. The summed E-state index contributed by atoms with van der Waals surface area (Å²) in [5.41, 5.74) is 0.874. The first kappa shape index (κ1) is 19.5. The fourth-order valence-electron chi connectivity index (χ4n) is 2.15. The summed E-state index contributed by atoms with van der Waals surface area (Å²) < 4.78 is 24.4. The van der Waals surface area contributed by atoms with Crippen LogP contribution in [-0.2, 0) is 4.79 Å². The van der Waals surface area contributed by atoms with Gasteiger partial charge in [0.1, 0.15) is 17.5 Å². The average Bonchev–Trinajstić information content (AvgIpc) is 2.63. The van der Waals surface area contributed by atoms with Crippen molar-refractivity contribution in [2.24, 2.45) is 0 Å². The van der Waals surface area contributed by atoms with Gasteiger partial charge in [0.25, 0.3) is 5.91 Å². The van der Waals surface area contributed by atoms with Crippen molar-refractivity contribution in [3.05, 3.63) is 57.8 Å². The van der Waals surface area contributed by atoms with Crippen LogP contribution in [0.3, 0.4) is 0 Å². The lowest BCUT2D eigenvalue weighted by Gasteiger charge is -2.12. The van der Waals surface area contributed by atoms with E-state index in [0.29, 0.717) is 33.8 Å². The number of rotatable bonds is 6. The van der Waals surface area contributed by atoms with Crippen LogP contribution in [-0.4, -0.2) is 19.6 Å². The lowest BCUT2D eigenvalue weighted by Crippen LogP contribution is -2.13. The molecule has 1 amide bonds. The van der Waals surface area contributed by atoms with E-state index in [0.717, 1.165) is 0 Å². The van der Waals surface area contributed by atoms with E-state index in [9.17, 15) is 14.4 Å². The summed E-state index contributed by atoms with van der Waals surface area (Å²) in [5, 5.41) is 11.9. The number of hydrogen-bond donors (Lipinski definition) is 1. The zero-order valence-corrected chi connectivity index (χ0v) is 15.8. The van der Waals surface area contributed by atoms with E-state index in [1.54, 1.807) is 12.1 Å². The molecule has 2 rings (SSSR count). The molecule has 134 valence electrons. The highest BCUT2D eigenvalue weighted by atomic mass is 79.9. The molecule has 0 aliphatic carbocycles. The van der Waals surface area contributed by atoms with Crippen LogP contribution in [0.2, 0.25) is 0 Å². The molecule has 0 aliphatic rings. The molecular formula is C19H16BrFN2O3. The number of hydrogen-bond acceptors (Lipinski definition) is 4. The maximum absolute atomic E-state index is 12.9. The Morgan fingerprint density at radius 3 is 2.62 bits per heavy atom. The summed E-state index contributed by atoms with van der Waals surface area (Å²) >= 11 is 3.40. The predicted molar refractivity (Wildman–Crippen MR) is 100 cm³/mol. The van der Waals surface area contributed by atoms with Gasteiger partial charge < -0.3 is 14.8 Å². The van der Waals surface area contributed by atoms with Crippen molar-refractivity contribution in [2.45, 2.75) is 6.92 Å². The molecule has 5 nitrogen and oxygen atoms in total. The zero-order chi connectivity index (χ0) is 19.1. The summed E-state index contributed by atoms with van der Waals surface area (Å²) in [5.74, 6) is 0.0126. The van der Waals surface area contributed by atoms with Crippen LogP contribution in [0, 0.1) is 17.1 Å². The van der Waals surface area contributed by atoms with Gasteiger partial charge >= 0.3 is 0 Å². The second kappa shape index (κ2) is 9.02. The van der Waals surface area contributed by atoms with Crippen molar-refractivity contribution in [3.63, 3.8) is 0 Å². The fourth-order valence-corrected chi connectivity index (χ4v) is 2.73. The molecule has 0 bridgehead atoms. The Kier molecular flexibility index (Phi) is 6.75. The molecule has 0 heterocycles. The van der Waals surface area contributed by atoms with Crippen molar-refractivity contribution >= 4 is 33.6 Å². The Morgan fingerprint density at radius 1 is 1.35 bits per heavy atom. The van der Waals surface area contributed by atoms with Gasteiger partial charge in [0.15, 0.2) is 11.5 Å². The van der Waals surface area contributed by atoms with Gasteiger partial charge in [-0.05, 0) is 70.9 Å². The largest absolute Gasteiger partial charge is 0.493 e. The number of amides is 1. The van der Waals surface area contributed by atoms with Crippen molar-refractivity contribution in [2.75, 3.05) is 19.0 Å². The fraction of sp³-hybridized carbons (Fsp3) is 0.158. The van der Waals surface area contributed by atoms with Crippen LogP contribution in [0.15, 0.2) is 46.4 Å². The van der Waals surface area contributed by atoms with Crippen LogP contribution < -0.4 is 14.8 Å². The van der Waals surface area contributed by atoms with Gasteiger partial charge in [0.2, 0.25) is 0 Å². The lowest BCUT2D eigenvalue weighted by molar-refractivity contribution is -0.112. The van der Waals surface area contributed by atoms with Gasteiger partial charge in [0, 0.05) is 5.69 Å². The van der Waals surface area contributed by atoms with Gasteiger partial charge in [-0.1, -0.05) is 0 Å². The molecule has 0 unspecified atom stereocenters. The molecule has 0 aliphatic heterocycles. The minimum Gasteiger partial charge on any atom is -0.493 e. The number of ether oxygens (including phenoxy) is 2. The molecule has 0 saturated heterocycles. The Bertz CT molecular complexity index is 874. The number of halogens is 2. The minimum atomic E-state index is -0.594. The van der Waals surface area contributed by atoms with Crippen LogP contribution in [0.4, 0.5) is 10.1 Å². The summed E-state index contributed by atoms with van der Waals surface area (Å²) in [7, 11) is 1.50. The number of methoxy groups -OCH3 is 1. The van der Waals surface area contributed by atoms with Crippen molar-refractivity contribution in [1.29, 1.82) is 5.26 Å². The van der Waals surface area contributed by atoms with Gasteiger partial charge in [-0.25, -0.2) is 4.39 Å². The highest BCUT2D eigenvalue weighted by Gasteiger charge is 2.13. The van der Waals surface area contributed by atoms with E-state index in [1.807, 2.05) is 13.0 Å². The smallest absolute Gasteiger partial charge is 0.266 e. The summed E-state index contributed by atoms with van der Waals surface area (Å²) in [6.45, 7) is 2.32. The van der Waals surface area contributed by atoms with Crippen LogP contribution >= 0.6 is 15.9 Å². The molecule has 2 aromatic rings. The molecule has 0 radical (unpaired) electrons. The maximum Gasteiger partial charge on any atom is 0.266 e. The first-order chi connectivity index (χ1) is 12.5. The van der Waals surface area contributed by atoms with Gasteiger partial charge in [-0.15, -0.1) is 0 Å². The highest BCUT2D eigenvalue weighted by Crippen LogP contribution is 2.37.